The van der Waals surface area contributed by atoms with Crippen molar-refractivity contribution >= 4 is 23.7 Å². The van der Waals surface area contributed by atoms with E-state index in [1.807, 2.05) is 38.1 Å². The molecule has 0 radical (unpaired) electrons. The van der Waals surface area contributed by atoms with Crippen LogP contribution >= 0.6 is 0 Å². The molecule has 24 heavy (non-hydrogen) atoms. The number of carbonyl (C=O) groups excluding carboxylic acids is 2. The van der Waals surface area contributed by atoms with Crippen LogP contribution in [0.15, 0.2) is 47.6 Å². The van der Waals surface area contributed by atoms with Gasteiger partial charge >= 0.3 is 11.8 Å². The molecule has 0 heterocycles. The lowest BCUT2D eigenvalue weighted by molar-refractivity contribution is -0.136. The maximum Gasteiger partial charge on any atom is 0.329 e. The number of anilines is 1. The molecule has 2 N–H and O–H groups in total. The number of nitrogens with one attached hydrogen (secondary N) is 2. The van der Waals surface area contributed by atoms with Gasteiger partial charge in [-0.1, -0.05) is 24.3 Å². The molecular formula is C18H19N3O3. The number of benzene rings is 2. The van der Waals surface area contributed by atoms with Gasteiger partial charge in [-0.15, -0.1) is 0 Å². The summed E-state index contributed by atoms with van der Waals surface area (Å²) in [7, 11) is 1.54. The molecule has 6 heteroatoms. The van der Waals surface area contributed by atoms with Crippen molar-refractivity contribution < 1.29 is 14.3 Å². The molecule has 0 fully saturated rings. The Kier molecular flexibility index (Phi) is 5.68. The number of amides is 2. The summed E-state index contributed by atoms with van der Waals surface area (Å²) in [5.74, 6) is -1.00. The lowest BCUT2D eigenvalue weighted by atomic mass is 10.1. The molecule has 2 rings (SSSR count). The third-order valence-corrected chi connectivity index (χ3v) is 3.36. The third-order valence-electron chi connectivity index (χ3n) is 3.36. The smallest absolute Gasteiger partial charge is 0.329 e. The van der Waals surface area contributed by atoms with Gasteiger partial charge in [0, 0.05) is 11.3 Å². The van der Waals surface area contributed by atoms with Gasteiger partial charge in [-0.05, 0) is 43.2 Å². The molecule has 0 aromatic heterocycles. The van der Waals surface area contributed by atoms with Gasteiger partial charge in [0.05, 0.1) is 13.3 Å². The van der Waals surface area contributed by atoms with E-state index in [2.05, 4.69) is 15.8 Å². The number of hydrogen-bond acceptors (Lipinski definition) is 4. The van der Waals surface area contributed by atoms with Crippen molar-refractivity contribution in [2.45, 2.75) is 13.8 Å². The molecule has 0 aliphatic rings. The molecule has 0 saturated carbocycles. The first-order chi connectivity index (χ1) is 11.5. The second-order valence-electron chi connectivity index (χ2n) is 5.21. The van der Waals surface area contributed by atoms with Crippen LogP contribution in [0.2, 0.25) is 0 Å². The molecule has 0 aliphatic carbocycles. The summed E-state index contributed by atoms with van der Waals surface area (Å²) < 4.78 is 5.17. The highest BCUT2D eigenvalue weighted by molar-refractivity contribution is 6.39. The highest BCUT2D eigenvalue weighted by atomic mass is 16.5. The maximum absolute atomic E-state index is 11.9. The number of rotatable bonds is 4. The highest BCUT2D eigenvalue weighted by Crippen LogP contribution is 2.16. The van der Waals surface area contributed by atoms with E-state index >= 15 is 0 Å². The van der Waals surface area contributed by atoms with E-state index in [1.165, 1.54) is 6.21 Å². The van der Waals surface area contributed by atoms with Crippen molar-refractivity contribution in [1.82, 2.24) is 5.43 Å². The predicted molar refractivity (Wildman–Crippen MR) is 93.3 cm³/mol. The predicted octanol–water partition coefficient (Wildman–Crippen LogP) is 2.40. The topological polar surface area (TPSA) is 79.8 Å². The van der Waals surface area contributed by atoms with Crippen molar-refractivity contribution in [2.75, 3.05) is 12.4 Å². The second-order valence-corrected chi connectivity index (χ2v) is 5.21. The van der Waals surface area contributed by atoms with Gasteiger partial charge in [0.1, 0.15) is 5.75 Å². The van der Waals surface area contributed by atoms with Gasteiger partial charge in [0.15, 0.2) is 0 Å². The Balaban J connectivity index is 1.98. The first-order valence-corrected chi connectivity index (χ1v) is 7.36. The fraction of sp³-hybridized carbons (Fsp3) is 0.167. The first kappa shape index (κ1) is 17.2. The molecule has 0 unspecified atom stereocenters. The van der Waals surface area contributed by atoms with E-state index in [9.17, 15) is 9.59 Å². The maximum atomic E-state index is 11.9. The molecule has 6 nitrogen and oxygen atoms in total. The minimum Gasteiger partial charge on any atom is -0.496 e. The van der Waals surface area contributed by atoms with E-state index in [-0.39, 0.29) is 0 Å². The average molecular weight is 325 g/mol. The number of aryl methyl sites for hydroxylation is 2. The Morgan fingerprint density at radius 3 is 2.58 bits per heavy atom. The summed E-state index contributed by atoms with van der Waals surface area (Å²) >= 11 is 0. The zero-order valence-corrected chi connectivity index (χ0v) is 13.8. The Labute approximate surface area is 140 Å². The van der Waals surface area contributed by atoms with Gasteiger partial charge in [-0.25, -0.2) is 5.43 Å². The summed E-state index contributed by atoms with van der Waals surface area (Å²) in [6.07, 6.45) is 1.42. The summed E-state index contributed by atoms with van der Waals surface area (Å²) in [5, 5.41) is 6.36. The van der Waals surface area contributed by atoms with Crippen molar-refractivity contribution in [3.8, 4) is 5.75 Å². The minimum absolute atomic E-state index is 0.601. The average Bonchev–Trinajstić information content (AvgIpc) is 2.58. The number of methoxy groups -OCH3 is 1. The SMILES string of the molecule is COc1ccccc1/C=N/NC(=O)C(=O)Nc1cc(C)ccc1C. The van der Waals surface area contributed by atoms with E-state index < -0.39 is 11.8 Å². The van der Waals surface area contributed by atoms with Crippen LogP contribution in [-0.4, -0.2) is 25.1 Å². The van der Waals surface area contributed by atoms with Crippen LogP contribution in [-0.2, 0) is 9.59 Å². The van der Waals surface area contributed by atoms with Crippen LogP contribution in [0.4, 0.5) is 5.69 Å². The first-order valence-electron chi connectivity index (χ1n) is 7.36. The number of carbonyl (C=O) groups is 2. The molecule has 0 spiro atoms. The highest BCUT2D eigenvalue weighted by Gasteiger charge is 2.14. The Morgan fingerprint density at radius 2 is 1.83 bits per heavy atom. The van der Waals surface area contributed by atoms with Crippen LogP contribution < -0.4 is 15.5 Å². The van der Waals surface area contributed by atoms with Crippen LogP contribution in [0.3, 0.4) is 0 Å². The number of hydrogen-bond donors (Lipinski definition) is 2. The van der Waals surface area contributed by atoms with Crippen LogP contribution in [0.1, 0.15) is 16.7 Å². The molecular weight excluding hydrogens is 306 g/mol. The Morgan fingerprint density at radius 1 is 1.08 bits per heavy atom. The number of para-hydroxylation sites is 1. The Hall–Kier alpha value is -3.15. The van der Waals surface area contributed by atoms with Crippen molar-refractivity contribution in [3.63, 3.8) is 0 Å². The summed E-state index contributed by atoms with van der Waals surface area (Å²) in [5.41, 5.74) is 5.36. The molecule has 124 valence electrons. The van der Waals surface area contributed by atoms with E-state index in [1.54, 1.807) is 25.3 Å². The zero-order chi connectivity index (χ0) is 17.5. The van der Waals surface area contributed by atoms with Gasteiger partial charge in [-0.3, -0.25) is 9.59 Å². The Bertz CT molecular complexity index is 785. The van der Waals surface area contributed by atoms with Gasteiger partial charge < -0.3 is 10.1 Å². The number of nitrogens with zero attached hydrogens (tertiary/aromatic N) is 1. The van der Waals surface area contributed by atoms with Crippen molar-refractivity contribution in [1.29, 1.82) is 0 Å². The zero-order valence-electron chi connectivity index (χ0n) is 13.8. The van der Waals surface area contributed by atoms with E-state index in [0.717, 1.165) is 11.1 Å². The standard InChI is InChI=1S/C18H19N3O3/c1-12-8-9-13(2)15(10-12)20-17(22)18(23)21-19-11-14-6-4-5-7-16(14)24-3/h4-11H,1-3H3,(H,20,22)(H,21,23)/b19-11+. The van der Waals surface area contributed by atoms with Gasteiger partial charge in [0.2, 0.25) is 0 Å². The quantitative estimate of drug-likeness (QED) is 0.515. The molecule has 0 bridgehead atoms. The fourth-order valence-electron chi connectivity index (χ4n) is 2.03. The van der Waals surface area contributed by atoms with Gasteiger partial charge in [-0.2, -0.15) is 5.10 Å². The van der Waals surface area contributed by atoms with Gasteiger partial charge in [0.25, 0.3) is 0 Å². The fourth-order valence-corrected chi connectivity index (χ4v) is 2.03. The lowest BCUT2D eigenvalue weighted by Gasteiger charge is -2.08. The summed E-state index contributed by atoms with van der Waals surface area (Å²) in [6, 6.07) is 12.8. The molecule has 2 aromatic carbocycles. The monoisotopic (exact) mass is 325 g/mol. The third kappa shape index (κ3) is 4.42. The normalized spacial score (nSPS) is 10.5. The van der Waals surface area contributed by atoms with Crippen LogP contribution in [0, 0.1) is 13.8 Å². The lowest BCUT2D eigenvalue weighted by Crippen LogP contribution is -2.32. The number of hydrazone groups is 1. The molecule has 2 amide bonds. The van der Waals surface area contributed by atoms with Crippen molar-refractivity contribution in [2.24, 2.45) is 5.10 Å². The summed E-state index contributed by atoms with van der Waals surface area (Å²) in [6.45, 7) is 3.76. The molecule has 0 saturated heterocycles. The summed E-state index contributed by atoms with van der Waals surface area (Å²) in [4.78, 5) is 23.7. The number of ether oxygens (including phenoxy) is 1. The van der Waals surface area contributed by atoms with Crippen molar-refractivity contribution in [3.05, 3.63) is 59.2 Å². The van der Waals surface area contributed by atoms with Crippen LogP contribution in [0.25, 0.3) is 0 Å². The van der Waals surface area contributed by atoms with E-state index in [0.29, 0.717) is 17.0 Å². The second kappa shape index (κ2) is 7.92. The molecule has 0 aliphatic heterocycles. The largest absolute Gasteiger partial charge is 0.496 e. The van der Waals surface area contributed by atoms with Crippen LogP contribution in [0.5, 0.6) is 5.75 Å². The van der Waals surface area contributed by atoms with E-state index in [4.69, 9.17) is 4.74 Å². The molecule has 2 aromatic rings. The minimum atomic E-state index is -0.845. The molecule has 0 atom stereocenters.